The second kappa shape index (κ2) is 5.92. The smallest absolute Gasteiger partial charge is 0.251 e. The molecule has 1 amide bonds. The molecule has 3 aromatic rings. The normalized spacial score (nSPS) is 15.2. The van der Waals surface area contributed by atoms with Crippen molar-refractivity contribution in [1.29, 1.82) is 0 Å². The molecule has 1 N–H and O–H groups in total. The Balaban J connectivity index is 1.48. The molecule has 0 aromatic carbocycles. The molecule has 0 spiro atoms. The fourth-order valence-corrected chi connectivity index (χ4v) is 2.57. The predicted octanol–water partition coefficient (Wildman–Crippen LogP) is 2.29. The van der Waals surface area contributed by atoms with Crippen molar-refractivity contribution in [2.45, 2.75) is 31.8 Å². The molecule has 0 aliphatic heterocycles. The lowest BCUT2D eigenvalue weighted by Crippen LogP contribution is -2.26. The molecule has 1 unspecified atom stereocenters. The summed E-state index contributed by atoms with van der Waals surface area (Å²) in [6.45, 7) is 1.96. The van der Waals surface area contributed by atoms with Crippen LogP contribution in [0.2, 0.25) is 0 Å². The Morgan fingerprint density at radius 3 is 2.96 bits per heavy atom. The van der Waals surface area contributed by atoms with E-state index in [4.69, 9.17) is 0 Å². The van der Waals surface area contributed by atoms with E-state index in [1.54, 1.807) is 35.4 Å². The molecule has 7 nitrogen and oxygen atoms in total. The molecular weight excluding hydrogens is 304 g/mol. The van der Waals surface area contributed by atoms with Crippen LogP contribution in [0, 0.1) is 0 Å². The first-order valence-electron chi connectivity index (χ1n) is 8.02. The van der Waals surface area contributed by atoms with Crippen LogP contribution in [0.5, 0.6) is 0 Å². The van der Waals surface area contributed by atoms with Crippen molar-refractivity contribution >= 4 is 5.91 Å². The summed E-state index contributed by atoms with van der Waals surface area (Å²) in [5.41, 5.74) is 1.56. The molecule has 1 aliphatic carbocycles. The fraction of sp³-hybridized carbons (Fsp3) is 0.294. The number of carbonyl (C=O) groups excluding carboxylic acids is 1. The van der Waals surface area contributed by atoms with Gasteiger partial charge in [0.15, 0.2) is 5.82 Å². The van der Waals surface area contributed by atoms with E-state index < -0.39 is 0 Å². The van der Waals surface area contributed by atoms with E-state index in [1.165, 1.54) is 12.8 Å². The quantitative estimate of drug-likeness (QED) is 0.782. The van der Waals surface area contributed by atoms with Crippen LogP contribution in [0.3, 0.4) is 0 Å². The lowest BCUT2D eigenvalue weighted by atomic mass is 10.1. The van der Waals surface area contributed by atoms with Gasteiger partial charge in [-0.05, 0) is 38.0 Å². The van der Waals surface area contributed by atoms with Gasteiger partial charge in [-0.25, -0.2) is 9.67 Å². The van der Waals surface area contributed by atoms with Crippen molar-refractivity contribution in [3.63, 3.8) is 0 Å². The highest BCUT2D eigenvalue weighted by Gasteiger charge is 2.25. The molecule has 24 heavy (non-hydrogen) atoms. The highest BCUT2D eigenvalue weighted by atomic mass is 16.1. The van der Waals surface area contributed by atoms with Crippen LogP contribution in [0.1, 0.15) is 47.8 Å². The van der Waals surface area contributed by atoms with Gasteiger partial charge in [0, 0.05) is 35.9 Å². The maximum absolute atomic E-state index is 12.5. The molecule has 7 heteroatoms. The largest absolute Gasteiger partial charge is 0.345 e. The summed E-state index contributed by atoms with van der Waals surface area (Å²) < 4.78 is 3.61. The summed E-state index contributed by atoms with van der Waals surface area (Å²) in [5, 5.41) is 11.5. The second-order valence-electron chi connectivity index (χ2n) is 6.03. The fourth-order valence-electron chi connectivity index (χ4n) is 2.57. The van der Waals surface area contributed by atoms with Gasteiger partial charge in [-0.3, -0.25) is 9.48 Å². The van der Waals surface area contributed by atoms with Crippen LogP contribution in [-0.4, -0.2) is 30.5 Å². The van der Waals surface area contributed by atoms with Gasteiger partial charge < -0.3 is 5.32 Å². The van der Waals surface area contributed by atoms with E-state index >= 15 is 0 Å². The topological polar surface area (TPSA) is 77.6 Å². The van der Waals surface area contributed by atoms with Gasteiger partial charge >= 0.3 is 0 Å². The Labute approximate surface area is 139 Å². The van der Waals surface area contributed by atoms with Crippen LogP contribution < -0.4 is 5.32 Å². The first kappa shape index (κ1) is 14.6. The molecule has 0 bridgehead atoms. The molecule has 3 heterocycles. The average Bonchev–Trinajstić information content (AvgIpc) is 3.12. The number of amides is 1. The van der Waals surface area contributed by atoms with E-state index in [-0.39, 0.29) is 11.9 Å². The first-order valence-corrected chi connectivity index (χ1v) is 8.02. The number of aromatic nitrogens is 5. The van der Waals surface area contributed by atoms with E-state index in [1.807, 2.05) is 30.1 Å². The van der Waals surface area contributed by atoms with Crippen molar-refractivity contribution in [3.05, 3.63) is 60.3 Å². The summed E-state index contributed by atoms with van der Waals surface area (Å²) in [4.78, 5) is 16.7. The zero-order chi connectivity index (χ0) is 16.5. The summed E-state index contributed by atoms with van der Waals surface area (Å²) >= 11 is 0. The van der Waals surface area contributed by atoms with Gasteiger partial charge in [0.1, 0.15) is 0 Å². The molecule has 0 radical (unpaired) electrons. The van der Waals surface area contributed by atoms with Crippen LogP contribution in [0.4, 0.5) is 0 Å². The van der Waals surface area contributed by atoms with E-state index in [9.17, 15) is 4.79 Å². The minimum Gasteiger partial charge on any atom is -0.345 e. The number of hydrogen-bond donors (Lipinski definition) is 1. The SMILES string of the molecule is CC(NC(=O)c1ccnc(-n2cccn2)c1)c1cnn(C2CC2)c1. The van der Waals surface area contributed by atoms with Gasteiger partial charge in [-0.1, -0.05) is 0 Å². The zero-order valence-corrected chi connectivity index (χ0v) is 13.3. The molecule has 1 fully saturated rings. The van der Waals surface area contributed by atoms with E-state index in [2.05, 4.69) is 20.5 Å². The minimum absolute atomic E-state index is 0.105. The molecule has 0 saturated heterocycles. The Kier molecular flexibility index (Phi) is 3.60. The third-order valence-electron chi connectivity index (χ3n) is 4.14. The third kappa shape index (κ3) is 2.92. The minimum atomic E-state index is -0.141. The predicted molar refractivity (Wildman–Crippen MR) is 87.7 cm³/mol. The molecule has 122 valence electrons. The van der Waals surface area contributed by atoms with Gasteiger partial charge in [-0.15, -0.1) is 0 Å². The lowest BCUT2D eigenvalue weighted by molar-refractivity contribution is 0.0939. The maximum atomic E-state index is 12.5. The summed E-state index contributed by atoms with van der Waals surface area (Å²) in [5.74, 6) is 0.472. The van der Waals surface area contributed by atoms with Crippen LogP contribution in [-0.2, 0) is 0 Å². The number of rotatable bonds is 5. The van der Waals surface area contributed by atoms with Gasteiger partial charge in [0.2, 0.25) is 0 Å². The summed E-state index contributed by atoms with van der Waals surface area (Å²) in [6.07, 6.45) is 11.3. The molecular formula is C17H18N6O. The van der Waals surface area contributed by atoms with Crippen LogP contribution in [0.15, 0.2) is 49.2 Å². The number of nitrogens with zero attached hydrogens (tertiary/aromatic N) is 5. The Morgan fingerprint density at radius 2 is 2.21 bits per heavy atom. The van der Waals surface area contributed by atoms with Gasteiger partial charge in [0.05, 0.1) is 18.3 Å². The van der Waals surface area contributed by atoms with Gasteiger partial charge in [-0.2, -0.15) is 10.2 Å². The van der Waals surface area contributed by atoms with Gasteiger partial charge in [0.25, 0.3) is 5.91 Å². The van der Waals surface area contributed by atoms with Crippen molar-refractivity contribution in [2.75, 3.05) is 0 Å². The standard InChI is InChI=1S/C17H18N6O/c1-12(14-10-20-23(11-14)15-3-4-15)21-17(24)13-5-7-18-16(9-13)22-8-2-6-19-22/h2,5-12,15H,3-4H2,1H3,(H,21,24). The monoisotopic (exact) mass is 322 g/mol. The Bertz CT molecular complexity index is 850. The number of carbonyl (C=O) groups is 1. The molecule has 1 atom stereocenters. The molecule has 1 saturated carbocycles. The molecule has 4 rings (SSSR count). The summed E-state index contributed by atoms with van der Waals surface area (Å²) in [6, 6.07) is 5.67. The van der Waals surface area contributed by atoms with Crippen LogP contribution >= 0.6 is 0 Å². The molecule has 1 aliphatic rings. The van der Waals surface area contributed by atoms with E-state index in [0.717, 1.165) is 5.56 Å². The van der Waals surface area contributed by atoms with Crippen LogP contribution in [0.25, 0.3) is 5.82 Å². The highest BCUT2D eigenvalue weighted by Crippen LogP contribution is 2.34. The van der Waals surface area contributed by atoms with Crippen molar-refractivity contribution in [2.24, 2.45) is 0 Å². The van der Waals surface area contributed by atoms with Crippen molar-refractivity contribution < 1.29 is 4.79 Å². The first-order chi connectivity index (χ1) is 11.7. The number of nitrogens with one attached hydrogen (secondary N) is 1. The lowest BCUT2D eigenvalue weighted by Gasteiger charge is -2.12. The Morgan fingerprint density at radius 1 is 1.33 bits per heavy atom. The molecule has 3 aromatic heterocycles. The Hall–Kier alpha value is -2.96. The number of hydrogen-bond acceptors (Lipinski definition) is 4. The van der Waals surface area contributed by atoms with E-state index in [0.29, 0.717) is 17.4 Å². The third-order valence-corrected chi connectivity index (χ3v) is 4.14. The highest BCUT2D eigenvalue weighted by molar-refractivity contribution is 5.94. The van der Waals surface area contributed by atoms with Crippen molar-refractivity contribution in [3.8, 4) is 5.82 Å². The van der Waals surface area contributed by atoms with Crippen molar-refractivity contribution in [1.82, 2.24) is 29.9 Å². The average molecular weight is 322 g/mol. The zero-order valence-electron chi connectivity index (χ0n) is 13.3. The second-order valence-corrected chi connectivity index (χ2v) is 6.03. The summed E-state index contributed by atoms with van der Waals surface area (Å²) in [7, 11) is 0. The number of pyridine rings is 1. The maximum Gasteiger partial charge on any atom is 0.251 e.